The molecule has 0 aliphatic rings. The monoisotopic (exact) mass is 327 g/mol. The van der Waals surface area contributed by atoms with Crippen LogP contribution in [0.25, 0.3) is 0 Å². The molecule has 0 saturated heterocycles. The maximum atomic E-state index is 12.0. The smallest absolute Gasteiger partial charge is 0.422 e. The molecule has 0 spiro atoms. The van der Waals surface area contributed by atoms with E-state index in [-0.39, 0.29) is 35.8 Å². The van der Waals surface area contributed by atoms with E-state index in [0.29, 0.717) is 6.54 Å². The number of aromatic nitrogens is 1. The van der Waals surface area contributed by atoms with Gasteiger partial charge in [-0.25, -0.2) is 4.98 Å². The van der Waals surface area contributed by atoms with Crippen LogP contribution in [-0.2, 0) is 0 Å². The van der Waals surface area contributed by atoms with E-state index < -0.39 is 12.8 Å². The summed E-state index contributed by atoms with van der Waals surface area (Å²) in [4.78, 5) is 17.1. The third-order valence-electron chi connectivity index (χ3n) is 2.69. The normalized spacial score (nSPS) is 12.3. The Labute approximate surface area is 126 Å². The summed E-state index contributed by atoms with van der Waals surface area (Å²) in [6, 6.07) is 2.43. The van der Waals surface area contributed by atoms with Crippen molar-refractivity contribution in [3.63, 3.8) is 0 Å². The van der Waals surface area contributed by atoms with Gasteiger partial charge in [0.05, 0.1) is 5.56 Å². The lowest BCUT2D eigenvalue weighted by atomic mass is 10.2. The molecule has 1 rings (SSSR count). The molecular formula is C12H17ClF3N3O2. The van der Waals surface area contributed by atoms with Crippen LogP contribution in [0.15, 0.2) is 18.3 Å². The Morgan fingerprint density at radius 2 is 2.10 bits per heavy atom. The quantitative estimate of drug-likeness (QED) is 0.896. The molecule has 5 nitrogen and oxygen atoms in total. The third-order valence-corrected chi connectivity index (χ3v) is 2.69. The molecule has 120 valence electrons. The lowest BCUT2D eigenvalue weighted by Gasteiger charge is -2.23. The number of amides is 1. The van der Waals surface area contributed by atoms with Crippen molar-refractivity contribution in [3.8, 4) is 5.88 Å². The Morgan fingerprint density at radius 3 is 2.52 bits per heavy atom. The van der Waals surface area contributed by atoms with E-state index >= 15 is 0 Å². The number of hydrogen-bond donors (Lipinski definition) is 1. The summed E-state index contributed by atoms with van der Waals surface area (Å²) in [6.07, 6.45) is -3.25. The first-order chi connectivity index (χ1) is 9.24. The second kappa shape index (κ2) is 8.04. The van der Waals surface area contributed by atoms with Crippen LogP contribution in [0.3, 0.4) is 0 Å². The number of alkyl halides is 3. The van der Waals surface area contributed by atoms with E-state index in [9.17, 15) is 18.0 Å². The lowest BCUT2D eigenvalue weighted by molar-refractivity contribution is -0.154. The van der Waals surface area contributed by atoms with Crippen LogP contribution >= 0.6 is 12.4 Å². The van der Waals surface area contributed by atoms with Crippen LogP contribution in [-0.4, -0.2) is 48.2 Å². The second-order valence-electron chi connectivity index (χ2n) is 4.29. The van der Waals surface area contributed by atoms with Crippen molar-refractivity contribution in [2.45, 2.75) is 19.1 Å². The summed E-state index contributed by atoms with van der Waals surface area (Å²) >= 11 is 0. The molecule has 2 N–H and O–H groups in total. The summed E-state index contributed by atoms with van der Waals surface area (Å²) in [6.45, 7) is 0.673. The molecule has 0 bridgehead atoms. The Bertz CT molecular complexity index is 454. The summed E-state index contributed by atoms with van der Waals surface area (Å²) < 4.78 is 40.3. The highest BCUT2D eigenvalue weighted by Gasteiger charge is 2.28. The van der Waals surface area contributed by atoms with Crippen LogP contribution in [0, 0.1) is 0 Å². The molecule has 1 unspecified atom stereocenters. The number of ether oxygens (including phenoxy) is 1. The number of carbonyl (C=O) groups is 1. The first kappa shape index (κ1) is 19.5. The predicted molar refractivity (Wildman–Crippen MR) is 73.6 cm³/mol. The largest absolute Gasteiger partial charge is 0.468 e. The number of nitrogens with two attached hydrogens (primary N) is 1. The van der Waals surface area contributed by atoms with Crippen LogP contribution in [0.1, 0.15) is 17.3 Å². The zero-order valence-electron chi connectivity index (χ0n) is 11.6. The van der Waals surface area contributed by atoms with E-state index in [2.05, 4.69) is 9.72 Å². The zero-order chi connectivity index (χ0) is 15.3. The molecule has 0 aliphatic heterocycles. The van der Waals surface area contributed by atoms with E-state index in [1.54, 1.807) is 14.0 Å². The van der Waals surface area contributed by atoms with Gasteiger partial charge in [-0.3, -0.25) is 4.79 Å². The van der Waals surface area contributed by atoms with Gasteiger partial charge in [0.15, 0.2) is 6.61 Å². The number of carbonyl (C=O) groups excluding carboxylic acids is 1. The number of likely N-dealkylation sites (N-methyl/N-ethyl adjacent to an activating group) is 1. The first-order valence-electron chi connectivity index (χ1n) is 5.87. The third kappa shape index (κ3) is 6.17. The van der Waals surface area contributed by atoms with Gasteiger partial charge in [0, 0.05) is 31.9 Å². The molecule has 0 aromatic carbocycles. The number of pyridine rings is 1. The number of nitrogens with zero attached hydrogens (tertiary/aromatic N) is 2. The SMILES string of the molecule is CC(CN)N(C)C(=O)c1ccc(OCC(F)(F)F)nc1.Cl. The van der Waals surface area contributed by atoms with Gasteiger partial charge in [0.2, 0.25) is 5.88 Å². The minimum absolute atomic E-state index is 0. The molecule has 9 heteroatoms. The standard InChI is InChI=1S/C12H16F3N3O2.ClH/c1-8(5-16)18(2)11(19)9-3-4-10(17-6-9)20-7-12(13,14)15;/h3-4,6,8H,5,7,16H2,1-2H3;1H. The average molecular weight is 328 g/mol. The Kier molecular flexibility index (Phi) is 7.45. The minimum atomic E-state index is -4.42. The van der Waals surface area contributed by atoms with Crippen molar-refractivity contribution in [1.82, 2.24) is 9.88 Å². The summed E-state index contributed by atoms with van der Waals surface area (Å²) in [5.74, 6) is -0.494. The molecule has 1 amide bonds. The highest BCUT2D eigenvalue weighted by Crippen LogP contribution is 2.17. The van der Waals surface area contributed by atoms with Crippen LogP contribution in [0.2, 0.25) is 0 Å². The van der Waals surface area contributed by atoms with Crippen molar-refractivity contribution in [1.29, 1.82) is 0 Å². The molecule has 0 saturated carbocycles. The van der Waals surface area contributed by atoms with Gasteiger partial charge in [0.1, 0.15) is 0 Å². The molecule has 1 aromatic rings. The van der Waals surface area contributed by atoms with Crippen molar-refractivity contribution in [2.75, 3.05) is 20.2 Å². The van der Waals surface area contributed by atoms with Crippen LogP contribution in [0.5, 0.6) is 5.88 Å². The molecule has 21 heavy (non-hydrogen) atoms. The maximum Gasteiger partial charge on any atom is 0.422 e. The van der Waals surface area contributed by atoms with Gasteiger partial charge >= 0.3 is 6.18 Å². The summed E-state index contributed by atoms with van der Waals surface area (Å²) in [5.41, 5.74) is 5.71. The zero-order valence-corrected chi connectivity index (χ0v) is 12.4. The van der Waals surface area contributed by atoms with Crippen molar-refractivity contribution >= 4 is 18.3 Å². The van der Waals surface area contributed by atoms with Gasteiger partial charge in [0.25, 0.3) is 5.91 Å². The maximum absolute atomic E-state index is 12.0. The molecule has 0 aliphatic carbocycles. The fraction of sp³-hybridized carbons (Fsp3) is 0.500. The van der Waals surface area contributed by atoms with E-state index in [0.717, 1.165) is 0 Å². The first-order valence-corrected chi connectivity index (χ1v) is 5.87. The molecular weight excluding hydrogens is 311 g/mol. The number of rotatable bonds is 5. The topological polar surface area (TPSA) is 68.5 Å². The molecule has 1 atom stereocenters. The van der Waals surface area contributed by atoms with E-state index in [4.69, 9.17) is 5.73 Å². The van der Waals surface area contributed by atoms with Crippen LogP contribution < -0.4 is 10.5 Å². The van der Waals surface area contributed by atoms with Crippen molar-refractivity contribution in [3.05, 3.63) is 23.9 Å². The van der Waals surface area contributed by atoms with E-state index in [1.807, 2.05) is 0 Å². The molecule has 0 fully saturated rings. The van der Waals surface area contributed by atoms with Gasteiger partial charge < -0.3 is 15.4 Å². The highest BCUT2D eigenvalue weighted by molar-refractivity contribution is 5.94. The lowest BCUT2D eigenvalue weighted by Crippen LogP contribution is -2.39. The van der Waals surface area contributed by atoms with Crippen molar-refractivity contribution in [2.24, 2.45) is 5.73 Å². The van der Waals surface area contributed by atoms with E-state index in [1.165, 1.54) is 23.2 Å². The van der Waals surface area contributed by atoms with Crippen molar-refractivity contribution < 1.29 is 22.7 Å². The van der Waals surface area contributed by atoms with Crippen LogP contribution in [0.4, 0.5) is 13.2 Å². The minimum Gasteiger partial charge on any atom is -0.468 e. The fourth-order valence-electron chi connectivity index (χ4n) is 1.31. The highest BCUT2D eigenvalue weighted by atomic mass is 35.5. The summed E-state index contributed by atoms with van der Waals surface area (Å²) in [7, 11) is 1.59. The fourth-order valence-corrected chi connectivity index (χ4v) is 1.31. The Morgan fingerprint density at radius 1 is 1.48 bits per heavy atom. The predicted octanol–water partition coefficient (Wildman–Crippen LogP) is 1.86. The van der Waals surface area contributed by atoms with Gasteiger partial charge in [-0.15, -0.1) is 12.4 Å². The average Bonchev–Trinajstić information content (AvgIpc) is 2.42. The number of halogens is 4. The molecule has 0 radical (unpaired) electrons. The Hall–Kier alpha value is -1.54. The number of hydrogen-bond acceptors (Lipinski definition) is 4. The second-order valence-corrected chi connectivity index (χ2v) is 4.29. The van der Waals surface area contributed by atoms with Gasteiger partial charge in [-0.1, -0.05) is 0 Å². The summed E-state index contributed by atoms with van der Waals surface area (Å²) in [5, 5.41) is 0. The van der Waals surface area contributed by atoms with Gasteiger partial charge in [-0.05, 0) is 13.0 Å². The Balaban J connectivity index is 0.00000400. The molecule has 1 heterocycles. The molecule has 1 aromatic heterocycles. The van der Waals surface area contributed by atoms with Gasteiger partial charge in [-0.2, -0.15) is 13.2 Å².